The summed E-state index contributed by atoms with van der Waals surface area (Å²) in [6.45, 7) is 9.08. The lowest BCUT2D eigenvalue weighted by molar-refractivity contribution is -0.134. The zero-order valence-electron chi connectivity index (χ0n) is 12.8. The van der Waals surface area contributed by atoms with Crippen molar-refractivity contribution in [2.75, 3.05) is 0 Å². The fraction of sp³-hybridized carbons (Fsp3) is 0.938. The number of carbonyl (C=O) groups excluding carboxylic acids is 1. The summed E-state index contributed by atoms with van der Waals surface area (Å²) in [7, 11) is 0. The fourth-order valence-electron chi connectivity index (χ4n) is 4.07. The van der Waals surface area contributed by atoms with Crippen LogP contribution in [0.5, 0.6) is 0 Å². The molecule has 108 valence electrons. The number of amides is 1. The summed E-state index contributed by atoms with van der Waals surface area (Å²) < 4.78 is 0. The van der Waals surface area contributed by atoms with Crippen LogP contribution in [0.2, 0.25) is 0 Å². The van der Waals surface area contributed by atoms with E-state index in [1.54, 1.807) is 0 Å². The summed E-state index contributed by atoms with van der Waals surface area (Å²) in [5.41, 5.74) is 0.134. The molecule has 1 amide bonds. The predicted octanol–water partition coefficient (Wildman–Crippen LogP) is 2.90. The van der Waals surface area contributed by atoms with Crippen LogP contribution < -0.4 is 5.32 Å². The highest BCUT2D eigenvalue weighted by Crippen LogP contribution is 2.52. The van der Waals surface area contributed by atoms with Gasteiger partial charge in [-0.05, 0) is 37.0 Å². The van der Waals surface area contributed by atoms with E-state index in [0.29, 0.717) is 23.3 Å². The molecule has 2 saturated carbocycles. The van der Waals surface area contributed by atoms with E-state index >= 15 is 0 Å². The highest BCUT2D eigenvalue weighted by atomic mass is 16.2. The maximum atomic E-state index is 13.0. The third kappa shape index (κ3) is 2.10. The summed E-state index contributed by atoms with van der Waals surface area (Å²) in [5.74, 6) is 1.04. The number of hydrogen-bond donors (Lipinski definition) is 1. The first-order valence-corrected chi connectivity index (χ1v) is 7.96. The standard InChI is InChI=1S/C16H28N2O/c1-11(2)9-13-17-16(7-5-6-8-16)14(19)18(13)12-10-15(12,3)4/h11-13,17H,5-10H2,1-4H3. The Labute approximate surface area is 117 Å². The van der Waals surface area contributed by atoms with Crippen LogP contribution in [0, 0.1) is 11.3 Å². The first-order chi connectivity index (χ1) is 8.86. The minimum Gasteiger partial charge on any atom is -0.322 e. The van der Waals surface area contributed by atoms with Crippen molar-refractivity contribution in [1.29, 1.82) is 0 Å². The van der Waals surface area contributed by atoms with Gasteiger partial charge in [0, 0.05) is 6.04 Å². The monoisotopic (exact) mass is 264 g/mol. The Morgan fingerprint density at radius 1 is 1.32 bits per heavy atom. The highest BCUT2D eigenvalue weighted by molar-refractivity contribution is 5.90. The topological polar surface area (TPSA) is 32.3 Å². The Bertz CT molecular complexity index is 382. The number of rotatable bonds is 3. The Morgan fingerprint density at radius 2 is 1.89 bits per heavy atom. The van der Waals surface area contributed by atoms with E-state index in [0.717, 1.165) is 19.3 Å². The molecule has 3 rings (SSSR count). The molecule has 0 radical (unpaired) electrons. The van der Waals surface area contributed by atoms with Crippen molar-refractivity contribution >= 4 is 5.91 Å². The summed E-state index contributed by atoms with van der Waals surface area (Å²) in [5, 5.41) is 3.73. The van der Waals surface area contributed by atoms with Crippen molar-refractivity contribution in [2.24, 2.45) is 11.3 Å². The normalized spacial score (nSPS) is 35.6. The van der Waals surface area contributed by atoms with Crippen LogP contribution >= 0.6 is 0 Å². The van der Waals surface area contributed by atoms with Gasteiger partial charge in [-0.25, -0.2) is 0 Å². The van der Waals surface area contributed by atoms with E-state index < -0.39 is 0 Å². The van der Waals surface area contributed by atoms with Crippen LogP contribution in [0.1, 0.15) is 66.2 Å². The summed E-state index contributed by atoms with van der Waals surface area (Å²) in [6.07, 6.45) is 7.03. The van der Waals surface area contributed by atoms with Crippen LogP contribution in [0.15, 0.2) is 0 Å². The highest BCUT2D eigenvalue weighted by Gasteiger charge is 2.60. The molecule has 0 aromatic heterocycles. The molecule has 3 fully saturated rings. The van der Waals surface area contributed by atoms with Gasteiger partial charge in [-0.2, -0.15) is 0 Å². The summed E-state index contributed by atoms with van der Waals surface area (Å²) >= 11 is 0. The van der Waals surface area contributed by atoms with Gasteiger partial charge >= 0.3 is 0 Å². The van der Waals surface area contributed by atoms with E-state index in [-0.39, 0.29) is 11.7 Å². The molecular formula is C16H28N2O. The second-order valence-electron chi connectivity index (χ2n) is 8.00. The van der Waals surface area contributed by atoms with Gasteiger partial charge in [-0.3, -0.25) is 10.1 Å². The molecule has 3 heteroatoms. The van der Waals surface area contributed by atoms with Gasteiger partial charge in [-0.15, -0.1) is 0 Å². The summed E-state index contributed by atoms with van der Waals surface area (Å²) in [4.78, 5) is 15.2. The van der Waals surface area contributed by atoms with Crippen molar-refractivity contribution in [2.45, 2.75) is 84.0 Å². The van der Waals surface area contributed by atoms with Crippen LogP contribution in [-0.4, -0.2) is 28.6 Å². The van der Waals surface area contributed by atoms with E-state index in [4.69, 9.17) is 0 Å². The maximum Gasteiger partial charge on any atom is 0.244 e. The average molecular weight is 264 g/mol. The van der Waals surface area contributed by atoms with E-state index in [9.17, 15) is 4.79 Å². The smallest absolute Gasteiger partial charge is 0.244 e. The zero-order chi connectivity index (χ0) is 13.8. The lowest BCUT2D eigenvalue weighted by Gasteiger charge is -2.27. The zero-order valence-corrected chi connectivity index (χ0v) is 12.8. The first kappa shape index (κ1) is 13.4. The van der Waals surface area contributed by atoms with Crippen molar-refractivity contribution in [3.63, 3.8) is 0 Å². The Hall–Kier alpha value is -0.570. The molecule has 3 aliphatic rings. The minimum atomic E-state index is -0.196. The third-order valence-electron chi connectivity index (χ3n) is 5.37. The first-order valence-electron chi connectivity index (χ1n) is 7.96. The number of nitrogens with one attached hydrogen (secondary N) is 1. The van der Waals surface area contributed by atoms with Gasteiger partial charge in [0.15, 0.2) is 0 Å². The van der Waals surface area contributed by atoms with E-state index in [2.05, 4.69) is 37.9 Å². The predicted molar refractivity (Wildman–Crippen MR) is 76.6 cm³/mol. The van der Waals surface area contributed by atoms with E-state index in [1.165, 1.54) is 19.3 Å². The Kier molecular flexibility index (Phi) is 2.97. The molecular weight excluding hydrogens is 236 g/mol. The SMILES string of the molecule is CC(C)CC1NC2(CCCC2)C(=O)N1C1CC1(C)C. The molecule has 0 aromatic rings. The molecule has 2 unspecified atom stereocenters. The third-order valence-corrected chi connectivity index (χ3v) is 5.37. The molecule has 1 aliphatic heterocycles. The fourth-order valence-corrected chi connectivity index (χ4v) is 4.07. The van der Waals surface area contributed by atoms with E-state index in [1.807, 2.05) is 0 Å². The van der Waals surface area contributed by atoms with Crippen molar-refractivity contribution in [3.8, 4) is 0 Å². The second-order valence-corrected chi connectivity index (χ2v) is 8.00. The Morgan fingerprint density at radius 3 is 2.37 bits per heavy atom. The Balaban J connectivity index is 1.83. The van der Waals surface area contributed by atoms with Gasteiger partial charge in [0.1, 0.15) is 0 Å². The van der Waals surface area contributed by atoms with Gasteiger partial charge in [-0.1, -0.05) is 40.5 Å². The molecule has 1 heterocycles. The van der Waals surface area contributed by atoms with Crippen LogP contribution in [0.3, 0.4) is 0 Å². The molecule has 2 atom stereocenters. The van der Waals surface area contributed by atoms with Crippen LogP contribution in [0.25, 0.3) is 0 Å². The minimum absolute atomic E-state index is 0.196. The van der Waals surface area contributed by atoms with Gasteiger partial charge in [0.2, 0.25) is 5.91 Å². The quantitative estimate of drug-likeness (QED) is 0.850. The lowest BCUT2D eigenvalue weighted by atomic mass is 9.98. The second kappa shape index (κ2) is 4.21. The molecule has 0 aromatic carbocycles. The number of hydrogen-bond acceptors (Lipinski definition) is 2. The van der Waals surface area contributed by atoms with Gasteiger partial charge in [0.25, 0.3) is 0 Å². The molecule has 1 saturated heterocycles. The molecule has 19 heavy (non-hydrogen) atoms. The molecule has 0 bridgehead atoms. The van der Waals surface area contributed by atoms with Crippen molar-refractivity contribution in [1.82, 2.24) is 10.2 Å². The number of carbonyl (C=O) groups is 1. The molecule has 2 aliphatic carbocycles. The molecule has 1 N–H and O–H groups in total. The lowest BCUT2D eigenvalue weighted by Crippen LogP contribution is -2.45. The van der Waals surface area contributed by atoms with Gasteiger partial charge in [0.05, 0.1) is 11.7 Å². The van der Waals surface area contributed by atoms with Crippen molar-refractivity contribution < 1.29 is 4.79 Å². The molecule has 1 spiro atoms. The maximum absolute atomic E-state index is 13.0. The molecule has 3 nitrogen and oxygen atoms in total. The van der Waals surface area contributed by atoms with Crippen molar-refractivity contribution in [3.05, 3.63) is 0 Å². The van der Waals surface area contributed by atoms with Crippen LogP contribution in [-0.2, 0) is 4.79 Å². The van der Waals surface area contributed by atoms with Crippen LogP contribution in [0.4, 0.5) is 0 Å². The summed E-state index contributed by atoms with van der Waals surface area (Å²) in [6, 6.07) is 0.469. The van der Waals surface area contributed by atoms with Gasteiger partial charge < -0.3 is 4.90 Å². The largest absolute Gasteiger partial charge is 0.322 e. The average Bonchev–Trinajstić information content (AvgIpc) is 2.69. The number of nitrogens with zero attached hydrogens (tertiary/aromatic N) is 1.